The molecule has 110 valence electrons. The van der Waals surface area contributed by atoms with Crippen molar-refractivity contribution < 1.29 is 9.53 Å². The first-order valence-electron chi connectivity index (χ1n) is 7.14. The molecule has 1 aliphatic carbocycles. The van der Waals surface area contributed by atoms with E-state index in [4.69, 9.17) is 4.74 Å². The van der Waals surface area contributed by atoms with Crippen LogP contribution in [0.2, 0.25) is 0 Å². The molecule has 1 amide bonds. The molecule has 0 spiro atoms. The van der Waals surface area contributed by atoms with E-state index in [1.807, 2.05) is 26.8 Å². The van der Waals surface area contributed by atoms with Gasteiger partial charge in [0.1, 0.15) is 5.60 Å². The van der Waals surface area contributed by atoms with Crippen LogP contribution >= 0.6 is 0 Å². The SMILES string of the molecule is Cc1cccc(NC2CC(NC(=O)OC(C)(C)C)C2)c1. The van der Waals surface area contributed by atoms with Crippen molar-refractivity contribution in [1.29, 1.82) is 0 Å². The summed E-state index contributed by atoms with van der Waals surface area (Å²) in [5.41, 5.74) is 1.95. The van der Waals surface area contributed by atoms with E-state index in [9.17, 15) is 4.79 Å². The number of hydrogen-bond donors (Lipinski definition) is 2. The fraction of sp³-hybridized carbons (Fsp3) is 0.562. The van der Waals surface area contributed by atoms with Gasteiger partial charge < -0.3 is 15.4 Å². The van der Waals surface area contributed by atoms with E-state index < -0.39 is 5.60 Å². The minimum atomic E-state index is -0.437. The number of carbonyl (C=O) groups is 1. The Hall–Kier alpha value is -1.71. The van der Waals surface area contributed by atoms with Gasteiger partial charge in [-0.2, -0.15) is 0 Å². The molecule has 1 fully saturated rings. The van der Waals surface area contributed by atoms with E-state index >= 15 is 0 Å². The van der Waals surface area contributed by atoms with Gasteiger partial charge in [-0.25, -0.2) is 4.79 Å². The van der Waals surface area contributed by atoms with E-state index in [-0.39, 0.29) is 12.1 Å². The lowest BCUT2D eigenvalue weighted by Crippen LogP contribution is -2.50. The van der Waals surface area contributed by atoms with Crippen LogP contribution in [0, 0.1) is 6.92 Å². The number of hydrogen-bond acceptors (Lipinski definition) is 3. The second-order valence-electron chi connectivity index (χ2n) is 6.53. The molecule has 0 aliphatic heterocycles. The van der Waals surface area contributed by atoms with Crippen molar-refractivity contribution in [2.45, 2.75) is 58.2 Å². The van der Waals surface area contributed by atoms with Gasteiger partial charge in [0.25, 0.3) is 0 Å². The summed E-state index contributed by atoms with van der Waals surface area (Å²) in [4.78, 5) is 11.6. The van der Waals surface area contributed by atoms with Crippen LogP contribution in [-0.4, -0.2) is 23.8 Å². The molecule has 1 saturated carbocycles. The first-order chi connectivity index (χ1) is 9.32. The summed E-state index contributed by atoms with van der Waals surface area (Å²) >= 11 is 0. The maximum absolute atomic E-state index is 11.6. The van der Waals surface area contributed by atoms with Gasteiger partial charge >= 0.3 is 6.09 Å². The topological polar surface area (TPSA) is 50.4 Å². The largest absolute Gasteiger partial charge is 0.444 e. The number of ether oxygens (including phenoxy) is 1. The number of anilines is 1. The number of nitrogens with one attached hydrogen (secondary N) is 2. The predicted molar refractivity (Wildman–Crippen MR) is 81.0 cm³/mol. The quantitative estimate of drug-likeness (QED) is 0.889. The van der Waals surface area contributed by atoms with Crippen molar-refractivity contribution in [1.82, 2.24) is 5.32 Å². The van der Waals surface area contributed by atoms with Crippen LogP contribution in [0.25, 0.3) is 0 Å². The third kappa shape index (κ3) is 4.44. The summed E-state index contributed by atoms with van der Waals surface area (Å²) in [5, 5.41) is 6.38. The molecule has 0 atom stereocenters. The maximum Gasteiger partial charge on any atom is 0.407 e. The Bertz CT molecular complexity index is 474. The molecule has 1 aromatic rings. The van der Waals surface area contributed by atoms with Crippen molar-refractivity contribution in [3.05, 3.63) is 29.8 Å². The Morgan fingerprint density at radius 1 is 1.25 bits per heavy atom. The van der Waals surface area contributed by atoms with Gasteiger partial charge in [0.2, 0.25) is 0 Å². The number of rotatable bonds is 3. The van der Waals surface area contributed by atoms with Gasteiger partial charge in [-0.1, -0.05) is 12.1 Å². The third-order valence-corrected chi connectivity index (χ3v) is 3.25. The van der Waals surface area contributed by atoms with Crippen LogP contribution in [0.15, 0.2) is 24.3 Å². The predicted octanol–water partition coefficient (Wildman–Crippen LogP) is 3.46. The van der Waals surface area contributed by atoms with E-state index in [0.717, 1.165) is 18.5 Å². The zero-order valence-corrected chi connectivity index (χ0v) is 12.7. The van der Waals surface area contributed by atoms with Crippen molar-refractivity contribution in [3.63, 3.8) is 0 Å². The number of benzene rings is 1. The highest BCUT2D eigenvalue weighted by Crippen LogP contribution is 2.25. The van der Waals surface area contributed by atoms with Gasteiger partial charge in [-0.3, -0.25) is 0 Å². The van der Waals surface area contributed by atoms with E-state index in [1.165, 1.54) is 5.56 Å². The third-order valence-electron chi connectivity index (χ3n) is 3.25. The summed E-state index contributed by atoms with van der Waals surface area (Å²) < 4.78 is 5.24. The number of amides is 1. The number of carbonyl (C=O) groups excluding carboxylic acids is 1. The molecule has 20 heavy (non-hydrogen) atoms. The molecule has 4 heteroatoms. The molecular weight excluding hydrogens is 252 g/mol. The van der Waals surface area contributed by atoms with Crippen molar-refractivity contribution in [2.24, 2.45) is 0 Å². The lowest BCUT2D eigenvalue weighted by molar-refractivity contribution is 0.0475. The average Bonchev–Trinajstić information content (AvgIpc) is 2.23. The van der Waals surface area contributed by atoms with Crippen LogP contribution in [0.5, 0.6) is 0 Å². The van der Waals surface area contributed by atoms with Gasteiger partial charge in [-0.15, -0.1) is 0 Å². The Labute approximate surface area is 120 Å². The van der Waals surface area contributed by atoms with Gasteiger partial charge in [0.05, 0.1) is 0 Å². The second kappa shape index (κ2) is 5.73. The van der Waals surface area contributed by atoms with Crippen LogP contribution < -0.4 is 10.6 Å². The Morgan fingerprint density at radius 3 is 2.55 bits per heavy atom. The molecule has 0 radical (unpaired) electrons. The van der Waals surface area contributed by atoms with Crippen molar-refractivity contribution >= 4 is 11.8 Å². The molecule has 0 aromatic heterocycles. The molecule has 0 heterocycles. The van der Waals surface area contributed by atoms with Crippen LogP contribution in [0.4, 0.5) is 10.5 Å². The van der Waals surface area contributed by atoms with E-state index in [0.29, 0.717) is 6.04 Å². The minimum absolute atomic E-state index is 0.215. The summed E-state index contributed by atoms with van der Waals surface area (Å²) in [6, 6.07) is 8.98. The van der Waals surface area contributed by atoms with Crippen LogP contribution in [-0.2, 0) is 4.74 Å². The lowest BCUT2D eigenvalue weighted by Gasteiger charge is -2.37. The summed E-state index contributed by atoms with van der Waals surface area (Å²) in [5.74, 6) is 0. The molecule has 4 nitrogen and oxygen atoms in total. The molecular formula is C16H24N2O2. The molecule has 2 N–H and O–H groups in total. The highest BCUT2D eigenvalue weighted by molar-refractivity contribution is 5.68. The van der Waals surface area contributed by atoms with Gasteiger partial charge in [0, 0.05) is 17.8 Å². The average molecular weight is 276 g/mol. The lowest BCUT2D eigenvalue weighted by atomic mass is 9.86. The van der Waals surface area contributed by atoms with Crippen molar-refractivity contribution in [3.8, 4) is 0 Å². The minimum Gasteiger partial charge on any atom is -0.444 e. The first kappa shape index (κ1) is 14.7. The molecule has 1 aromatic carbocycles. The van der Waals surface area contributed by atoms with E-state index in [1.54, 1.807) is 0 Å². The summed E-state index contributed by atoms with van der Waals surface area (Å²) in [6.45, 7) is 7.69. The number of alkyl carbamates (subject to hydrolysis) is 1. The Morgan fingerprint density at radius 2 is 1.95 bits per heavy atom. The zero-order valence-electron chi connectivity index (χ0n) is 12.7. The van der Waals surface area contributed by atoms with Crippen LogP contribution in [0.1, 0.15) is 39.2 Å². The Balaban J connectivity index is 1.71. The van der Waals surface area contributed by atoms with Crippen LogP contribution in [0.3, 0.4) is 0 Å². The second-order valence-corrected chi connectivity index (χ2v) is 6.53. The highest BCUT2D eigenvalue weighted by atomic mass is 16.6. The summed E-state index contributed by atoms with van der Waals surface area (Å²) in [7, 11) is 0. The highest BCUT2D eigenvalue weighted by Gasteiger charge is 2.31. The standard InChI is InChI=1S/C16H24N2O2/c1-11-6-5-7-12(8-11)17-13-9-14(10-13)18-15(19)20-16(2,3)4/h5-8,13-14,17H,9-10H2,1-4H3,(H,18,19). The monoisotopic (exact) mass is 276 g/mol. The summed E-state index contributed by atoms with van der Waals surface area (Å²) in [6.07, 6.45) is 1.55. The van der Waals surface area contributed by atoms with Crippen molar-refractivity contribution in [2.75, 3.05) is 5.32 Å². The van der Waals surface area contributed by atoms with Gasteiger partial charge in [-0.05, 0) is 58.2 Å². The van der Waals surface area contributed by atoms with Gasteiger partial charge in [0.15, 0.2) is 0 Å². The molecule has 0 bridgehead atoms. The molecule has 0 saturated heterocycles. The van der Waals surface area contributed by atoms with E-state index in [2.05, 4.69) is 35.8 Å². The maximum atomic E-state index is 11.6. The smallest absolute Gasteiger partial charge is 0.407 e. The normalized spacial score (nSPS) is 21.8. The molecule has 2 rings (SSSR count). The fourth-order valence-corrected chi connectivity index (χ4v) is 2.30. The Kier molecular flexibility index (Phi) is 4.21. The fourth-order valence-electron chi connectivity index (χ4n) is 2.30. The number of aryl methyl sites for hydroxylation is 1. The molecule has 0 unspecified atom stereocenters. The zero-order chi connectivity index (χ0) is 14.8. The first-order valence-corrected chi connectivity index (χ1v) is 7.14. The molecule has 1 aliphatic rings.